The van der Waals surface area contributed by atoms with Crippen LogP contribution in [0.1, 0.15) is 24.1 Å². The molecule has 0 spiro atoms. The van der Waals surface area contributed by atoms with Crippen molar-refractivity contribution in [2.75, 3.05) is 19.8 Å². The Morgan fingerprint density at radius 3 is 2.74 bits per heavy atom. The highest BCUT2D eigenvalue weighted by molar-refractivity contribution is 6.31. The lowest BCUT2D eigenvalue weighted by molar-refractivity contribution is -0.130. The van der Waals surface area contributed by atoms with Crippen LogP contribution in [-0.4, -0.2) is 30.8 Å². The Kier molecular flexibility index (Phi) is 4.98. The zero-order chi connectivity index (χ0) is 16.1. The van der Waals surface area contributed by atoms with E-state index in [1.807, 2.05) is 24.3 Å². The third kappa shape index (κ3) is 3.41. The molecule has 1 N–H and O–H groups in total. The maximum absolute atomic E-state index is 12.9. The number of nitrogens with zero attached hydrogens (tertiary/aromatic N) is 1. The van der Waals surface area contributed by atoms with E-state index in [2.05, 4.69) is 10.5 Å². The van der Waals surface area contributed by atoms with Gasteiger partial charge in [0.15, 0.2) is 0 Å². The third-order valence-corrected chi connectivity index (χ3v) is 4.66. The van der Waals surface area contributed by atoms with Gasteiger partial charge < -0.3 is 14.6 Å². The monoisotopic (exact) mass is 334 g/mol. The lowest BCUT2D eigenvalue weighted by Gasteiger charge is -2.36. The van der Waals surface area contributed by atoms with Gasteiger partial charge in [-0.1, -0.05) is 35.0 Å². The van der Waals surface area contributed by atoms with Crippen LogP contribution in [0.3, 0.4) is 0 Å². The van der Waals surface area contributed by atoms with Crippen LogP contribution in [0.2, 0.25) is 5.02 Å². The molecule has 23 heavy (non-hydrogen) atoms. The van der Waals surface area contributed by atoms with Gasteiger partial charge in [0.2, 0.25) is 5.91 Å². The number of benzene rings is 1. The number of amides is 1. The first kappa shape index (κ1) is 16.0. The van der Waals surface area contributed by atoms with Gasteiger partial charge in [-0.3, -0.25) is 4.79 Å². The quantitative estimate of drug-likeness (QED) is 0.913. The van der Waals surface area contributed by atoms with Crippen molar-refractivity contribution in [1.82, 2.24) is 10.5 Å². The molecular formula is C17H19ClN2O3. The van der Waals surface area contributed by atoms with Gasteiger partial charge in [-0.2, -0.15) is 0 Å². The molecular weight excluding hydrogens is 316 g/mol. The predicted molar refractivity (Wildman–Crippen MR) is 86.4 cm³/mol. The lowest BCUT2D eigenvalue weighted by Crippen LogP contribution is -2.48. The van der Waals surface area contributed by atoms with Crippen LogP contribution in [0.25, 0.3) is 0 Å². The van der Waals surface area contributed by atoms with Gasteiger partial charge in [-0.05, 0) is 24.5 Å². The van der Waals surface area contributed by atoms with E-state index in [-0.39, 0.29) is 5.91 Å². The minimum atomic E-state index is -0.625. The first-order valence-corrected chi connectivity index (χ1v) is 8.10. The zero-order valence-electron chi connectivity index (χ0n) is 12.8. The summed E-state index contributed by atoms with van der Waals surface area (Å²) in [5.74, 6) is -0.00241. The van der Waals surface area contributed by atoms with Gasteiger partial charge in [0, 0.05) is 37.3 Å². The average molecular weight is 335 g/mol. The molecule has 0 unspecified atom stereocenters. The molecule has 3 rings (SSSR count). The number of ether oxygens (including phenoxy) is 1. The van der Waals surface area contributed by atoms with Crippen LogP contribution in [-0.2, 0) is 21.4 Å². The number of halogens is 1. The van der Waals surface area contributed by atoms with Crippen LogP contribution >= 0.6 is 11.6 Å². The molecule has 0 aliphatic carbocycles. The van der Waals surface area contributed by atoms with Crippen LogP contribution in [0, 0.1) is 0 Å². The van der Waals surface area contributed by atoms with Gasteiger partial charge in [0.1, 0.15) is 6.26 Å². The summed E-state index contributed by atoms with van der Waals surface area (Å²) in [4.78, 5) is 12.9. The highest BCUT2D eigenvalue weighted by Crippen LogP contribution is 2.38. The SMILES string of the molecule is O=C(NCCc1ccon1)C1(c2ccccc2Cl)CCOCC1. The first-order valence-electron chi connectivity index (χ1n) is 7.73. The van der Waals surface area contributed by atoms with Crippen molar-refractivity contribution in [3.8, 4) is 0 Å². The second-order valence-corrected chi connectivity index (χ2v) is 6.08. The third-order valence-electron chi connectivity index (χ3n) is 4.33. The van der Waals surface area contributed by atoms with Gasteiger partial charge in [-0.15, -0.1) is 0 Å². The van der Waals surface area contributed by atoms with E-state index in [4.69, 9.17) is 20.9 Å². The number of carbonyl (C=O) groups is 1. The number of rotatable bonds is 5. The minimum Gasteiger partial charge on any atom is -0.381 e. The Balaban J connectivity index is 1.75. The summed E-state index contributed by atoms with van der Waals surface area (Å²) in [7, 11) is 0. The molecule has 1 saturated heterocycles. The van der Waals surface area contributed by atoms with E-state index in [1.54, 1.807) is 6.07 Å². The van der Waals surface area contributed by atoms with Crippen molar-refractivity contribution in [1.29, 1.82) is 0 Å². The summed E-state index contributed by atoms with van der Waals surface area (Å²) in [5, 5.41) is 7.50. The smallest absolute Gasteiger partial charge is 0.230 e. The van der Waals surface area contributed by atoms with E-state index in [9.17, 15) is 4.79 Å². The van der Waals surface area contributed by atoms with Gasteiger partial charge in [0.25, 0.3) is 0 Å². The van der Waals surface area contributed by atoms with E-state index >= 15 is 0 Å². The Bertz CT molecular complexity index is 652. The van der Waals surface area contributed by atoms with E-state index in [0.29, 0.717) is 44.0 Å². The summed E-state index contributed by atoms with van der Waals surface area (Å²) >= 11 is 6.36. The molecule has 0 atom stereocenters. The van der Waals surface area contributed by atoms with Crippen molar-refractivity contribution >= 4 is 17.5 Å². The molecule has 1 amide bonds. The van der Waals surface area contributed by atoms with E-state index < -0.39 is 5.41 Å². The number of carbonyl (C=O) groups excluding carboxylic acids is 1. The highest BCUT2D eigenvalue weighted by atomic mass is 35.5. The van der Waals surface area contributed by atoms with Crippen molar-refractivity contribution < 1.29 is 14.1 Å². The molecule has 2 heterocycles. The van der Waals surface area contributed by atoms with Crippen LogP contribution in [0.15, 0.2) is 41.1 Å². The minimum absolute atomic E-state index is 0.00241. The molecule has 5 nitrogen and oxygen atoms in total. The topological polar surface area (TPSA) is 64.4 Å². The maximum atomic E-state index is 12.9. The second kappa shape index (κ2) is 7.15. The highest BCUT2D eigenvalue weighted by Gasteiger charge is 2.42. The Hall–Kier alpha value is -1.85. The number of nitrogens with one attached hydrogen (secondary N) is 1. The summed E-state index contributed by atoms with van der Waals surface area (Å²) in [6.07, 6.45) is 3.43. The summed E-state index contributed by atoms with van der Waals surface area (Å²) in [6, 6.07) is 9.36. The first-order chi connectivity index (χ1) is 11.2. The predicted octanol–water partition coefficient (Wildman–Crippen LogP) is 2.74. The van der Waals surface area contributed by atoms with Gasteiger partial charge in [0.05, 0.1) is 11.1 Å². The molecule has 122 valence electrons. The number of aromatic nitrogens is 1. The van der Waals surface area contributed by atoms with Crippen LogP contribution in [0.4, 0.5) is 0 Å². The zero-order valence-corrected chi connectivity index (χ0v) is 13.5. The summed E-state index contributed by atoms with van der Waals surface area (Å²) in [6.45, 7) is 1.63. The Morgan fingerprint density at radius 2 is 2.04 bits per heavy atom. The van der Waals surface area contributed by atoms with Crippen molar-refractivity contribution in [2.24, 2.45) is 0 Å². The van der Waals surface area contributed by atoms with Crippen LogP contribution < -0.4 is 5.32 Å². The second-order valence-electron chi connectivity index (χ2n) is 5.67. The largest absolute Gasteiger partial charge is 0.381 e. The molecule has 0 bridgehead atoms. The molecule has 1 aromatic heterocycles. The van der Waals surface area contributed by atoms with Crippen molar-refractivity contribution in [3.63, 3.8) is 0 Å². The van der Waals surface area contributed by atoms with Gasteiger partial charge in [-0.25, -0.2) is 0 Å². The Labute approximate surface area is 139 Å². The molecule has 1 aromatic carbocycles. The van der Waals surface area contributed by atoms with Crippen molar-refractivity contribution in [3.05, 3.63) is 52.9 Å². The fraction of sp³-hybridized carbons (Fsp3) is 0.412. The lowest BCUT2D eigenvalue weighted by atomic mass is 9.73. The average Bonchev–Trinajstić information content (AvgIpc) is 3.09. The molecule has 2 aromatic rings. The summed E-state index contributed by atoms with van der Waals surface area (Å²) < 4.78 is 10.3. The molecule has 6 heteroatoms. The van der Waals surface area contributed by atoms with Crippen molar-refractivity contribution in [2.45, 2.75) is 24.7 Å². The standard InChI is InChI=1S/C17H19ClN2O3/c18-15-4-2-1-3-14(15)17(7-11-22-12-8-17)16(21)19-9-5-13-6-10-23-20-13/h1-4,6,10H,5,7-9,11-12H2,(H,19,21). The number of hydrogen-bond acceptors (Lipinski definition) is 4. The van der Waals surface area contributed by atoms with E-state index in [0.717, 1.165) is 11.3 Å². The fourth-order valence-electron chi connectivity index (χ4n) is 3.03. The molecule has 0 saturated carbocycles. The fourth-order valence-corrected chi connectivity index (χ4v) is 3.34. The normalized spacial score (nSPS) is 16.9. The number of hydrogen-bond donors (Lipinski definition) is 1. The van der Waals surface area contributed by atoms with Gasteiger partial charge >= 0.3 is 0 Å². The Morgan fingerprint density at radius 1 is 1.26 bits per heavy atom. The molecule has 0 radical (unpaired) electrons. The van der Waals surface area contributed by atoms with E-state index in [1.165, 1.54) is 6.26 Å². The molecule has 1 aliphatic rings. The molecule has 1 fully saturated rings. The van der Waals surface area contributed by atoms with Crippen LogP contribution in [0.5, 0.6) is 0 Å². The maximum Gasteiger partial charge on any atom is 0.230 e. The summed E-state index contributed by atoms with van der Waals surface area (Å²) in [5.41, 5.74) is 1.08. The molecule has 1 aliphatic heterocycles.